The second kappa shape index (κ2) is 4.12. The molecule has 0 rings (SSSR count). The minimum atomic E-state index is 0.0250. The average Bonchev–Trinajstić information content (AvgIpc) is 1.65. The van der Waals surface area contributed by atoms with Crippen LogP contribution in [-0.4, -0.2) is 9.96 Å². The van der Waals surface area contributed by atoms with Gasteiger partial charge in [-0.1, -0.05) is 6.92 Å². The molecule has 1 N–H and O–H groups in total. The molecular formula is C5H10INO. The molecule has 0 aromatic carbocycles. The summed E-state index contributed by atoms with van der Waals surface area (Å²) in [4.78, 5) is 10.3. The molecule has 2 nitrogen and oxygen atoms in total. The van der Waals surface area contributed by atoms with Gasteiger partial charge in [-0.2, -0.15) is 0 Å². The molecule has 0 spiro atoms. The van der Waals surface area contributed by atoms with Crippen LogP contribution in [0, 0.1) is 0 Å². The Morgan fingerprint density at radius 3 is 2.50 bits per heavy atom. The number of nitrogens with one attached hydrogen (secondary N) is 1. The summed E-state index contributed by atoms with van der Waals surface area (Å²) in [6.07, 6.45) is 0.995. The first-order chi connectivity index (χ1) is 3.66. The van der Waals surface area contributed by atoms with Gasteiger partial charge in [-0.3, -0.25) is 4.79 Å². The fourth-order valence-corrected chi connectivity index (χ4v) is 0.827. The molecule has 0 bridgehead atoms. The molecule has 0 saturated carbocycles. The Morgan fingerprint density at radius 2 is 2.38 bits per heavy atom. The first-order valence-corrected chi connectivity index (χ1v) is 3.70. The van der Waals surface area contributed by atoms with Crippen LogP contribution in [0.1, 0.15) is 20.3 Å². The Bertz CT molecular complexity index is 84.5. The molecule has 0 aliphatic carbocycles. The summed E-state index contributed by atoms with van der Waals surface area (Å²) in [5.74, 6) is 0. The second-order valence-electron chi connectivity index (χ2n) is 1.73. The van der Waals surface area contributed by atoms with E-state index >= 15 is 0 Å². The third kappa shape index (κ3) is 4.36. The highest BCUT2D eigenvalue weighted by Crippen LogP contribution is 1.91. The lowest BCUT2D eigenvalue weighted by Gasteiger charge is -2.06. The number of halogens is 1. The zero-order chi connectivity index (χ0) is 6.57. The van der Waals surface area contributed by atoms with Gasteiger partial charge in [-0.25, -0.2) is 0 Å². The molecule has 1 amide bonds. The highest BCUT2D eigenvalue weighted by molar-refractivity contribution is 14.1. The zero-order valence-corrected chi connectivity index (χ0v) is 7.23. The Labute approximate surface area is 63.2 Å². The van der Waals surface area contributed by atoms with Crippen molar-refractivity contribution >= 4 is 26.5 Å². The van der Waals surface area contributed by atoms with E-state index < -0.39 is 0 Å². The van der Waals surface area contributed by atoms with Crippen molar-refractivity contribution in [3.63, 3.8) is 0 Å². The van der Waals surface area contributed by atoms with Gasteiger partial charge in [0, 0.05) is 28.6 Å². The first-order valence-electron chi connectivity index (χ1n) is 2.62. The fourth-order valence-electron chi connectivity index (χ4n) is 0.296. The van der Waals surface area contributed by atoms with Crippen molar-refractivity contribution in [2.75, 3.05) is 0 Å². The Balaban J connectivity index is 3.24. The van der Waals surface area contributed by atoms with Gasteiger partial charge in [-0.15, -0.1) is 0 Å². The molecule has 0 aliphatic heterocycles. The summed E-state index contributed by atoms with van der Waals surface area (Å²) in [6.45, 7) is 4.02. The van der Waals surface area contributed by atoms with E-state index in [1.54, 1.807) is 22.6 Å². The maximum absolute atomic E-state index is 10.3. The summed E-state index contributed by atoms with van der Waals surface area (Å²) in [5, 5.41) is 2.74. The van der Waals surface area contributed by atoms with Crippen molar-refractivity contribution in [3.8, 4) is 0 Å². The predicted octanol–water partition coefficient (Wildman–Crippen LogP) is 1.93. The maximum atomic E-state index is 10.3. The van der Waals surface area contributed by atoms with Gasteiger partial charge in [0.05, 0.1) is 0 Å². The molecule has 0 aliphatic rings. The summed E-state index contributed by atoms with van der Waals surface area (Å²) < 4.78 is 0.0250. The summed E-state index contributed by atoms with van der Waals surface area (Å²) >= 11 is 1.73. The third-order valence-corrected chi connectivity index (χ3v) is 1.28. The molecule has 0 radical (unpaired) electrons. The lowest BCUT2D eigenvalue weighted by atomic mass is 10.3. The average molecular weight is 227 g/mol. The third-order valence-electron chi connectivity index (χ3n) is 0.972. The zero-order valence-electron chi connectivity index (χ0n) is 5.07. The van der Waals surface area contributed by atoms with Gasteiger partial charge in [-0.05, 0) is 13.3 Å². The quantitative estimate of drug-likeness (QED) is 0.436. The van der Waals surface area contributed by atoms with Crippen molar-refractivity contribution in [1.29, 1.82) is 0 Å². The number of hydrogen-bond donors (Lipinski definition) is 1. The van der Waals surface area contributed by atoms with E-state index in [1.807, 2.05) is 13.8 Å². The monoisotopic (exact) mass is 227 g/mol. The largest absolute Gasteiger partial charge is 0.345 e. The van der Waals surface area contributed by atoms with Crippen molar-refractivity contribution in [2.45, 2.75) is 26.3 Å². The van der Waals surface area contributed by atoms with Crippen LogP contribution in [-0.2, 0) is 0 Å². The summed E-state index contributed by atoms with van der Waals surface area (Å²) in [6, 6.07) is 0.319. The molecule has 0 aromatic heterocycles. The van der Waals surface area contributed by atoms with E-state index in [4.69, 9.17) is 0 Å². The predicted molar refractivity (Wildman–Crippen MR) is 42.3 cm³/mol. The van der Waals surface area contributed by atoms with Crippen LogP contribution in [0.2, 0.25) is 0 Å². The lowest BCUT2D eigenvalue weighted by Crippen LogP contribution is -2.26. The Kier molecular flexibility index (Phi) is 4.22. The first kappa shape index (κ1) is 8.20. The van der Waals surface area contributed by atoms with E-state index in [1.165, 1.54) is 0 Å². The molecule has 0 aromatic rings. The van der Waals surface area contributed by atoms with Gasteiger partial charge in [0.15, 0.2) is 0 Å². The summed E-state index contributed by atoms with van der Waals surface area (Å²) in [5.41, 5.74) is 0. The lowest BCUT2D eigenvalue weighted by molar-refractivity contribution is 0.260. The highest BCUT2D eigenvalue weighted by Gasteiger charge is 1.98. The standard InChI is InChI=1S/C5H10INO/c1-3-4(2)7-5(6)8/h4H,3H2,1-2H3,(H,7,8). The van der Waals surface area contributed by atoms with E-state index in [-0.39, 0.29) is 3.91 Å². The topological polar surface area (TPSA) is 29.1 Å². The smallest absolute Gasteiger partial charge is 0.280 e. The molecule has 0 heterocycles. The van der Waals surface area contributed by atoms with Gasteiger partial charge < -0.3 is 5.32 Å². The summed E-state index contributed by atoms with van der Waals surface area (Å²) in [7, 11) is 0. The minimum absolute atomic E-state index is 0.0250. The van der Waals surface area contributed by atoms with Crippen LogP contribution in [0.15, 0.2) is 0 Å². The van der Waals surface area contributed by atoms with Crippen LogP contribution in [0.25, 0.3) is 0 Å². The van der Waals surface area contributed by atoms with Crippen molar-refractivity contribution in [2.24, 2.45) is 0 Å². The van der Waals surface area contributed by atoms with E-state index in [0.29, 0.717) is 6.04 Å². The molecular weight excluding hydrogens is 217 g/mol. The van der Waals surface area contributed by atoms with Gasteiger partial charge in [0.1, 0.15) is 0 Å². The molecule has 0 fully saturated rings. The number of carbonyl (C=O) groups excluding carboxylic acids is 1. The number of rotatable bonds is 2. The number of carbonyl (C=O) groups is 1. The van der Waals surface area contributed by atoms with Crippen molar-refractivity contribution in [1.82, 2.24) is 5.32 Å². The minimum Gasteiger partial charge on any atom is -0.345 e. The second-order valence-corrected chi connectivity index (χ2v) is 2.71. The van der Waals surface area contributed by atoms with E-state index in [2.05, 4.69) is 5.32 Å². The molecule has 1 unspecified atom stereocenters. The van der Waals surface area contributed by atoms with Gasteiger partial charge in [0.25, 0.3) is 3.91 Å². The number of hydrogen-bond acceptors (Lipinski definition) is 1. The Morgan fingerprint density at radius 1 is 1.88 bits per heavy atom. The highest BCUT2D eigenvalue weighted by atomic mass is 127. The van der Waals surface area contributed by atoms with Crippen LogP contribution in [0.4, 0.5) is 4.79 Å². The van der Waals surface area contributed by atoms with Crippen molar-refractivity contribution in [3.05, 3.63) is 0 Å². The number of amides is 1. The van der Waals surface area contributed by atoms with Crippen LogP contribution in [0.3, 0.4) is 0 Å². The van der Waals surface area contributed by atoms with Crippen LogP contribution in [0.5, 0.6) is 0 Å². The maximum Gasteiger partial charge on any atom is 0.280 e. The fraction of sp³-hybridized carbons (Fsp3) is 0.800. The molecule has 0 saturated heterocycles. The van der Waals surface area contributed by atoms with Crippen LogP contribution >= 0.6 is 22.6 Å². The van der Waals surface area contributed by atoms with E-state index in [9.17, 15) is 4.79 Å². The van der Waals surface area contributed by atoms with Crippen molar-refractivity contribution < 1.29 is 4.79 Å². The molecule has 48 valence electrons. The van der Waals surface area contributed by atoms with E-state index in [0.717, 1.165) is 6.42 Å². The Hall–Kier alpha value is 0.200. The molecule has 3 heteroatoms. The van der Waals surface area contributed by atoms with Crippen LogP contribution < -0.4 is 5.32 Å². The normalized spacial score (nSPS) is 12.9. The molecule has 1 atom stereocenters. The molecule has 8 heavy (non-hydrogen) atoms. The van der Waals surface area contributed by atoms with Gasteiger partial charge >= 0.3 is 0 Å². The van der Waals surface area contributed by atoms with Gasteiger partial charge in [0.2, 0.25) is 0 Å². The SMILES string of the molecule is CCC(C)NC(=O)I.